The molecule has 0 radical (unpaired) electrons. The Morgan fingerprint density at radius 2 is 1.61 bits per heavy atom. The van der Waals surface area contributed by atoms with Crippen LogP contribution >= 0.6 is 0 Å². The van der Waals surface area contributed by atoms with E-state index < -0.39 is 34.3 Å². The van der Waals surface area contributed by atoms with Gasteiger partial charge in [0.15, 0.2) is 11.5 Å². The average molecular weight is 624 g/mol. The molecule has 11 heteroatoms. The Hall–Kier alpha value is -4.12. The van der Waals surface area contributed by atoms with E-state index in [1.165, 1.54) is 35.2 Å². The van der Waals surface area contributed by atoms with Crippen LogP contribution in [-0.2, 0) is 26.2 Å². The maximum atomic E-state index is 14.2. The minimum Gasteiger partial charge on any atom is -0.486 e. The molecule has 1 aliphatic heterocycles. The Morgan fingerprint density at radius 3 is 2.27 bits per heavy atom. The van der Waals surface area contributed by atoms with Gasteiger partial charge in [0.2, 0.25) is 11.8 Å². The standard InChI is InChI=1S/C33H38FN3O6S/c1-3-29(33(39)35-26-6-4-5-7-26)36(21-24-10-8-23(2)9-11-24)32(38)22-37(27-14-12-25(34)13-15-27)44(40,41)28-16-17-30-31(20-28)43-19-18-42-30/h8-17,20,26,29H,3-7,18-19,21-22H2,1-2H3,(H,35,39)/t29-/m0/s1. The number of sulfonamides is 1. The highest BCUT2D eigenvalue weighted by molar-refractivity contribution is 7.92. The van der Waals surface area contributed by atoms with E-state index in [-0.39, 0.29) is 41.4 Å². The number of fused-ring (bicyclic) bond motifs is 1. The molecule has 3 aromatic carbocycles. The van der Waals surface area contributed by atoms with Gasteiger partial charge in [-0.3, -0.25) is 13.9 Å². The Morgan fingerprint density at radius 1 is 0.955 bits per heavy atom. The van der Waals surface area contributed by atoms with Gasteiger partial charge in [-0.2, -0.15) is 0 Å². The summed E-state index contributed by atoms with van der Waals surface area (Å²) in [7, 11) is -4.35. The van der Waals surface area contributed by atoms with Crippen LogP contribution < -0.4 is 19.1 Å². The van der Waals surface area contributed by atoms with Crippen molar-refractivity contribution >= 4 is 27.5 Å². The summed E-state index contributed by atoms with van der Waals surface area (Å²) in [5.74, 6) is -0.680. The number of nitrogens with one attached hydrogen (secondary N) is 1. The lowest BCUT2D eigenvalue weighted by Gasteiger charge is -2.34. The average Bonchev–Trinajstić information content (AvgIpc) is 3.54. The fraction of sp³-hybridized carbons (Fsp3) is 0.394. The second-order valence-electron chi connectivity index (χ2n) is 11.2. The van der Waals surface area contributed by atoms with Crippen LogP contribution in [0, 0.1) is 12.7 Å². The number of carbonyl (C=O) groups is 2. The summed E-state index contributed by atoms with van der Waals surface area (Å²) in [6, 6.07) is 16.0. The lowest BCUT2D eigenvalue weighted by atomic mass is 10.1. The molecule has 0 spiro atoms. The second kappa shape index (κ2) is 13.7. The SMILES string of the molecule is CC[C@@H](C(=O)NC1CCCC1)N(Cc1ccc(C)cc1)C(=O)CN(c1ccc(F)cc1)S(=O)(=O)c1ccc2c(c1)OCCO2. The van der Waals surface area contributed by atoms with Crippen molar-refractivity contribution in [3.05, 3.63) is 83.7 Å². The second-order valence-corrected chi connectivity index (χ2v) is 13.1. The molecular formula is C33H38FN3O6S. The highest BCUT2D eigenvalue weighted by atomic mass is 32.2. The van der Waals surface area contributed by atoms with Crippen LogP contribution in [0.25, 0.3) is 0 Å². The number of halogens is 1. The van der Waals surface area contributed by atoms with E-state index in [9.17, 15) is 22.4 Å². The largest absolute Gasteiger partial charge is 0.486 e. The number of nitrogens with zero attached hydrogens (tertiary/aromatic N) is 2. The topological polar surface area (TPSA) is 105 Å². The molecule has 0 bridgehead atoms. The molecule has 9 nitrogen and oxygen atoms in total. The third kappa shape index (κ3) is 7.15. The number of carbonyl (C=O) groups excluding carboxylic acids is 2. The normalized spacial score (nSPS) is 15.4. The van der Waals surface area contributed by atoms with Crippen molar-refractivity contribution in [2.75, 3.05) is 24.1 Å². The first-order chi connectivity index (χ1) is 21.2. The van der Waals surface area contributed by atoms with Crippen molar-refractivity contribution in [3.63, 3.8) is 0 Å². The number of benzene rings is 3. The number of aryl methyl sites for hydroxylation is 1. The third-order valence-corrected chi connectivity index (χ3v) is 9.83. The summed E-state index contributed by atoms with van der Waals surface area (Å²) in [5, 5.41) is 3.10. The van der Waals surface area contributed by atoms with Crippen LogP contribution in [0.1, 0.15) is 50.2 Å². The number of rotatable bonds is 11. The van der Waals surface area contributed by atoms with Crippen molar-refractivity contribution in [2.45, 2.75) is 69.5 Å². The molecule has 1 fully saturated rings. The van der Waals surface area contributed by atoms with Crippen molar-refractivity contribution < 1.29 is 31.9 Å². The van der Waals surface area contributed by atoms with Gasteiger partial charge in [0.1, 0.15) is 31.6 Å². The Balaban J connectivity index is 1.50. The van der Waals surface area contributed by atoms with Crippen LogP contribution in [0.4, 0.5) is 10.1 Å². The van der Waals surface area contributed by atoms with Gasteiger partial charge in [-0.15, -0.1) is 0 Å². The molecule has 234 valence electrons. The van der Waals surface area contributed by atoms with Gasteiger partial charge in [-0.25, -0.2) is 12.8 Å². The number of anilines is 1. The molecule has 0 saturated heterocycles. The van der Waals surface area contributed by atoms with Crippen molar-refractivity contribution in [2.24, 2.45) is 0 Å². The molecule has 0 unspecified atom stereocenters. The maximum absolute atomic E-state index is 14.2. The summed E-state index contributed by atoms with van der Waals surface area (Å²) >= 11 is 0. The smallest absolute Gasteiger partial charge is 0.264 e. The fourth-order valence-electron chi connectivity index (χ4n) is 5.62. The summed E-state index contributed by atoms with van der Waals surface area (Å²) in [5.41, 5.74) is 1.96. The van der Waals surface area contributed by atoms with Gasteiger partial charge in [-0.05, 0) is 68.1 Å². The Bertz CT molecular complexity index is 1570. The minimum atomic E-state index is -4.35. The first-order valence-electron chi connectivity index (χ1n) is 15.0. The van der Waals surface area contributed by atoms with E-state index in [0.717, 1.165) is 53.2 Å². The van der Waals surface area contributed by atoms with E-state index in [2.05, 4.69) is 5.32 Å². The summed E-state index contributed by atoms with van der Waals surface area (Å²) in [6.45, 7) is 3.90. The number of hydrogen-bond acceptors (Lipinski definition) is 6. The first-order valence-corrected chi connectivity index (χ1v) is 16.4. The van der Waals surface area contributed by atoms with Gasteiger partial charge in [0.05, 0.1) is 10.6 Å². The monoisotopic (exact) mass is 623 g/mol. The molecular weight excluding hydrogens is 585 g/mol. The molecule has 1 heterocycles. The lowest BCUT2D eigenvalue weighted by Crippen LogP contribution is -2.53. The summed E-state index contributed by atoms with van der Waals surface area (Å²) in [4.78, 5) is 29.1. The highest BCUT2D eigenvalue weighted by Gasteiger charge is 2.35. The van der Waals surface area contributed by atoms with Crippen molar-refractivity contribution in [3.8, 4) is 11.5 Å². The van der Waals surface area contributed by atoms with E-state index >= 15 is 0 Å². The molecule has 1 aliphatic carbocycles. The number of amides is 2. The zero-order valence-corrected chi connectivity index (χ0v) is 25.8. The van der Waals surface area contributed by atoms with E-state index in [4.69, 9.17) is 9.47 Å². The minimum absolute atomic E-state index is 0.0548. The van der Waals surface area contributed by atoms with Crippen LogP contribution in [0.5, 0.6) is 11.5 Å². The van der Waals surface area contributed by atoms with Crippen LogP contribution in [0.2, 0.25) is 0 Å². The molecule has 1 N–H and O–H groups in total. The zero-order chi connectivity index (χ0) is 31.3. The van der Waals surface area contributed by atoms with Gasteiger partial charge < -0.3 is 19.7 Å². The predicted octanol–water partition coefficient (Wildman–Crippen LogP) is 4.97. The molecule has 1 saturated carbocycles. The van der Waals surface area contributed by atoms with Gasteiger partial charge in [0, 0.05) is 18.7 Å². The Kier molecular flexibility index (Phi) is 9.73. The summed E-state index contributed by atoms with van der Waals surface area (Å²) in [6.07, 6.45) is 4.19. The molecule has 0 aromatic heterocycles. The van der Waals surface area contributed by atoms with E-state index in [1.54, 1.807) is 0 Å². The third-order valence-electron chi connectivity index (χ3n) is 8.06. The fourth-order valence-corrected chi connectivity index (χ4v) is 7.05. The van der Waals surface area contributed by atoms with Crippen LogP contribution in [0.3, 0.4) is 0 Å². The quantitative estimate of drug-likeness (QED) is 0.324. The molecule has 3 aromatic rings. The van der Waals surface area contributed by atoms with Gasteiger partial charge in [-0.1, -0.05) is 49.6 Å². The van der Waals surface area contributed by atoms with E-state index in [1.807, 2.05) is 38.1 Å². The lowest BCUT2D eigenvalue weighted by molar-refractivity contribution is -0.140. The predicted molar refractivity (Wildman–Crippen MR) is 165 cm³/mol. The molecule has 44 heavy (non-hydrogen) atoms. The molecule has 2 aliphatic rings. The van der Waals surface area contributed by atoms with Crippen molar-refractivity contribution in [1.29, 1.82) is 0 Å². The van der Waals surface area contributed by atoms with Crippen LogP contribution in [-0.4, -0.2) is 57.0 Å². The van der Waals surface area contributed by atoms with Gasteiger partial charge in [0.25, 0.3) is 10.0 Å². The summed E-state index contributed by atoms with van der Waals surface area (Å²) < 4.78 is 54.3. The Labute approximate surface area is 258 Å². The van der Waals surface area contributed by atoms with Crippen molar-refractivity contribution in [1.82, 2.24) is 10.2 Å². The van der Waals surface area contributed by atoms with E-state index in [0.29, 0.717) is 18.8 Å². The van der Waals surface area contributed by atoms with Crippen LogP contribution in [0.15, 0.2) is 71.6 Å². The molecule has 5 rings (SSSR count). The number of hydrogen-bond donors (Lipinski definition) is 1. The highest BCUT2D eigenvalue weighted by Crippen LogP contribution is 2.34. The molecule has 2 amide bonds. The first kappa shape index (κ1) is 31.3. The zero-order valence-electron chi connectivity index (χ0n) is 25.0. The molecule has 1 atom stereocenters. The van der Waals surface area contributed by atoms with Gasteiger partial charge >= 0.3 is 0 Å². The number of ether oxygens (including phenoxy) is 2. The maximum Gasteiger partial charge on any atom is 0.264 e.